The molecule has 3 nitrogen and oxygen atoms in total. The van der Waals surface area contributed by atoms with E-state index >= 15 is 0 Å². The topological polar surface area (TPSA) is 29.5 Å². The number of furan rings is 2. The van der Waals surface area contributed by atoms with Gasteiger partial charge in [-0.3, -0.25) is 0 Å². The van der Waals surface area contributed by atoms with E-state index in [2.05, 4.69) is 207 Å². The minimum Gasteiger partial charge on any atom is -0.456 e. The summed E-state index contributed by atoms with van der Waals surface area (Å²) in [5, 5.41) is 7.04. The average Bonchev–Trinajstić information content (AvgIpc) is 4.07. The second-order valence-corrected chi connectivity index (χ2v) is 17.9. The molecule has 0 bridgehead atoms. The standard InChI is InChI=1S/C61H39NO2/c1-61(2)51-22-7-5-16-49(51)59-52(61)23-12-24-53(59)62(37-29-27-36(28-30-37)39-17-9-21-48-43-15-6-8-25-54(43)64-60(39)48)38-31-34-55-50(35-38)58-46(20-11-26-56(58)63-55)42-32-33-47-41-14-4-3-13-40(41)44-18-10-19-45(42)57(44)47/h3-35H,1-2H3. The molecule has 10 aromatic carbocycles. The molecule has 0 fully saturated rings. The molecule has 2 heterocycles. The second kappa shape index (κ2) is 12.9. The van der Waals surface area contributed by atoms with Crippen molar-refractivity contribution in [1.82, 2.24) is 0 Å². The van der Waals surface area contributed by atoms with Gasteiger partial charge in [0.1, 0.15) is 22.3 Å². The molecule has 64 heavy (non-hydrogen) atoms. The Hall–Kier alpha value is -8.14. The van der Waals surface area contributed by atoms with Crippen molar-refractivity contribution in [1.29, 1.82) is 0 Å². The minimum absolute atomic E-state index is 0.149. The maximum Gasteiger partial charge on any atom is 0.143 e. The summed E-state index contributed by atoms with van der Waals surface area (Å²) in [7, 11) is 0. The number of hydrogen-bond acceptors (Lipinski definition) is 3. The third kappa shape index (κ3) is 4.81. The monoisotopic (exact) mass is 817 g/mol. The average molecular weight is 818 g/mol. The van der Waals surface area contributed by atoms with Crippen LogP contribution in [0.4, 0.5) is 17.1 Å². The third-order valence-corrected chi connectivity index (χ3v) is 14.2. The van der Waals surface area contributed by atoms with Gasteiger partial charge < -0.3 is 13.7 Å². The quantitative estimate of drug-likeness (QED) is 0.173. The van der Waals surface area contributed by atoms with Crippen molar-refractivity contribution >= 4 is 71.7 Å². The van der Waals surface area contributed by atoms with Gasteiger partial charge in [-0.1, -0.05) is 166 Å². The molecule has 0 aliphatic heterocycles. The van der Waals surface area contributed by atoms with Gasteiger partial charge in [-0.25, -0.2) is 0 Å². The number of para-hydroxylation sites is 2. The largest absolute Gasteiger partial charge is 0.456 e. The number of nitrogens with zero attached hydrogens (tertiary/aromatic N) is 1. The van der Waals surface area contributed by atoms with Crippen LogP contribution in [0.5, 0.6) is 0 Å². The molecule has 300 valence electrons. The van der Waals surface area contributed by atoms with Crippen molar-refractivity contribution in [2.75, 3.05) is 4.90 Å². The highest BCUT2D eigenvalue weighted by Crippen LogP contribution is 2.55. The van der Waals surface area contributed by atoms with Gasteiger partial charge in [-0.05, 0) is 115 Å². The molecule has 0 N–H and O–H groups in total. The summed E-state index contributed by atoms with van der Waals surface area (Å²) in [6.07, 6.45) is 0. The molecule has 2 aromatic heterocycles. The Balaban J connectivity index is 0.980. The summed E-state index contributed by atoms with van der Waals surface area (Å²) in [6, 6.07) is 72.9. The first-order chi connectivity index (χ1) is 31.5. The van der Waals surface area contributed by atoms with E-state index in [4.69, 9.17) is 8.83 Å². The van der Waals surface area contributed by atoms with Crippen LogP contribution in [0.25, 0.3) is 110 Å². The molecule has 0 unspecified atom stereocenters. The van der Waals surface area contributed by atoms with E-state index < -0.39 is 0 Å². The van der Waals surface area contributed by atoms with E-state index in [9.17, 15) is 0 Å². The summed E-state index contributed by atoms with van der Waals surface area (Å²) in [4.78, 5) is 2.44. The highest BCUT2D eigenvalue weighted by Gasteiger charge is 2.38. The Labute approximate surface area is 370 Å². The van der Waals surface area contributed by atoms with Crippen LogP contribution in [0.2, 0.25) is 0 Å². The lowest BCUT2D eigenvalue weighted by atomic mass is 9.82. The van der Waals surface area contributed by atoms with Crippen LogP contribution in [0.15, 0.2) is 209 Å². The number of benzene rings is 10. The number of anilines is 3. The summed E-state index contributed by atoms with van der Waals surface area (Å²) in [5.74, 6) is 0. The molecule has 14 rings (SSSR count). The number of fused-ring (bicyclic) bond motifs is 12. The fraction of sp³-hybridized carbons (Fsp3) is 0.0492. The molecule has 0 radical (unpaired) electrons. The molecule has 0 spiro atoms. The second-order valence-electron chi connectivity index (χ2n) is 17.9. The lowest BCUT2D eigenvalue weighted by Crippen LogP contribution is -2.16. The molecule has 2 aliphatic rings. The smallest absolute Gasteiger partial charge is 0.143 e. The van der Waals surface area contributed by atoms with Gasteiger partial charge in [0.05, 0.1) is 5.69 Å². The van der Waals surface area contributed by atoms with Crippen LogP contribution in [0, 0.1) is 0 Å². The van der Waals surface area contributed by atoms with Gasteiger partial charge in [0.25, 0.3) is 0 Å². The van der Waals surface area contributed by atoms with Crippen LogP contribution in [-0.2, 0) is 5.41 Å². The molecule has 3 heteroatoms. The van der Waals surface area contributed by atoms with Gasteiger partial charge in [0, 0.05) is 49.5 Å². The normalized spacial score (nSPS) is 13.3. The number of hydrogen-bond donors (Lipinski definition) is 0. The van der Waals surface area contributed by atoms with Crippen molar-refractivity contribution in [3.63, 3.8) is 0 Å². The molecule has 0 saturated heterocycles. The van der Waals surface area contributed by atoms with Crippen LogP contribution in [-0.4, -0.2) is 0 Å². The van der Waals surface area contributed by atoms with Crippen molar-refractivity contribution in [3.05, 3.63) is 211 Å². The number of rotatable bonds is 5. The Morgan fingerprint density at radius 1 is 0.359 bits per heavy atom. The SMILES string of the molecule is CC1(C)c2ccccc2-c2c(N(c3ccc(-c4cccc5c4oc4ccccc45)cc3)c3ccc4oc5cccc(-c6ccc7c8c(cccc68)-c6ccccc6-7)c5c4c3)cccc21. The first-order valence-electron chi connectivity index (χ1n) is 22.2. The lowest BCUT2D eigenvalue weighted by Gasteiger charge is -2.29. The summed E-state index contributed by atoms with van der Waals surface area (Å²) in [6.45, 7) is 4.70. The highest BCUT2D eigenvalue weighted by molar-refractivity contribution is 6.22. The van der Waals surface area contributed by atoms with Crippen LogP contribution < -0.4 is 4.90 Å². The summed E-state index contributed by atoms with van der Waals surface area (Å²) >= 11 is 0. The summed E-state index contributed by atoms with van der Waals surface area (Å²) in [5.41, 5.74) is 21.6. The van der Waals surface area contributed by atoms with E-state index in [1.165, 1.54) is 66.4 Å². The molecular formula is C61H39NO2. The van der Waals surface area contributed by atoms with Crippen molar-refractivity contribution in [2.24, 2.45) is 0 Å². The first kappa shape index (κ1) is 35.5. The lowest BCUT2D eigenvalue weighted by molar-refractivity contribution is 0.660. The Bertz CT molecular complexity index is 3910. The van der Waals surface area contributed by atoms with E-state index in [0.717, 1.165) is 72.1 Å². The van der Waals surface area contributed by atoms with Gasteiger partial charge in [0.15, 0.2) is 0 Å². The predicted molar refractivity (Wildman–Crippen MR) is 266 cm³/mol. The van der Waals surface area contributed by atoms with Crippen molar-refractivity contribution in [2.45, 2.75) is 19.3 Å². The Morgan fingerprint density at radius 3 is 1.78 bits per heavy atom. The molecule has 0 amide bonds. The molecule has 12 aromatic rings. The van der Waals surface area contributed by atoms with Crippen molar-refractivity contribution in [3.8, 4) is 55.6 Å². The van der Waals surface area contributed by atoms with E-state index in [-0.39, 0.29) is 5.41 Å². The van der Waals surface area contributed by atoms with E-state index in [1.54, 1.807) is 0 Å². The minimum atomic E-state index is -0.149. The van der Waals surface area contributed by atoms with Gasteiger partial charge in [0.2, 0.25) is 0 Å². The van der Waals surface area contributed by atoms with E-state index in [1.807, 2.05) is 12.1 Å². The third-order valence-electron chi connectivity index (χ3n) is 14.2. The van der Waals surface area contributed by atoms with Crippen LogP contribution in [0.3, 0.4) is 0 Å². The fourth-order valence-corrected chi connectivity index (χ4v) is 11.3. The van der Waals surface area contributed by atoms with Gasteiger partial charge >= 0.3 is 0 Å². The predicted octanol–water partition coefficient (Wildman–Crippen LogP) is 17.4. The first-order valence-corrected chi connectivity index (χ1v) is 22.2. The maximum atomic E-state index is 6.73. The zero-order valence-corrected chi connectivity index (χ0v) is 35.3. The van der Waals surface area contributed by atoms with Gasteiger partial charge in [-0.15, -0.1) is 0 Å². The molecule has 2 aliphatic carbocycles. The highest BCUT2D eigenvalue weighted by atomic mass is 16.3. The summed E-state index contributed by atoms with van der Waals surface area (Å²) < 4.78 is 13.2. The van der Waals surface area contributed by atoms with Crippen LogP contribution >= 0.6 is 0 Å². The molecule has 0 saturated carbocycles. The Morgan fingerprint density at radius 2 is 0.938 bits per heavy atom. The van der Waals surface area contributed by atoms with Crippen LogP contribution in [0.1, 0.15) is 25.0 Å². The van der Waals surface area contributed by atoms with Gasteiger partial charge in [-0.2, -0.15) is 0 Å². The zero-order chi connectivity index (χ0) is 42.3. The molecular weight excluding hydrogens is 779 g/mol. The Kier molecular flexibility index (Phi) is 7.17. The fourth-order valence-electron chi connectivity index (χ4n) is 11.3. The maximum absolute atomic E-state index is 6.73. The van der Waals surface area contributed by atoms with Crippen molar-refractivity contribution < 1.29 is 8.83 Å². The zero-order valence-electron chi connectivity index (χ0n) is 35.3. The molecule has 0 atom stereocenters. The van der Waals surface area contributed by atoms with E-state index in [0.29, 0.717) is 0 Å².